The maximum Gasteiger partial charge on any atom is 0.0705 e. The molecule has 1 saturated heterocycles. The van der Waals surface area contributed by atoms with Crippen LogP contribution in [0.4, 0.5) is 0 Å². The molecule has 0 atom stereocenters. The molecule has 4 heteroatoms. The zero-order chi connectivity index (χ0) is 14.7. The molecule has 0 saturated carbocycles. The average Bonchev–Trinajstić information content (AvgIpc) is 2.54. The van der Waals surface area contributed by atoms with Crippen molar-refractivity contribution in [2.24, 2.45) is 0 Å². The summed E-state index contributed by atoms with van der Waals surface area (Å²) >= 11 is 0. The molecule has 1 aliphatic rings. The predicted octanol–water partition coefficient (Wildman–Crippen LogP) is 2.17. The second kappa shape index (κ2) is 6.10. The molecule has 0 amide bonds. The number of ether oxygens (including phenoxy) is 1. The third kappa shape index (κ3) is 3.23. The van der Waals surface area contributed by atoms with Crippen molar-refractivity contribution in [3.63, 3.8) is 0 Å². The molecule has 0 spiro atoms. The van der Waals surface area contributed by atoms with E-state index in [4.69, 9.17) is 4.74 Å². The third-order valence-electron chi connectivity index (χ3n) is 4.31. The Balaban J connectivity index is 1.74. The number of nitrogens with one attached hydrogen (secondary N) is 1. The Kier molecular flexibility index (Phi) is 4.19. The number of aliphatic hydroxyl groups excluding tert-OH is 1. The molecule has 0 aliphatic carbocycles. The number of benzene rings is 1. The SMILES string of the molecule is Cc1ccc2cc(CNC3(CO)CCOCC3)ccc2n1. The molecule has 1 fully saturated rings. The molecule has 2 heterocycles. The minimum Gasteiger partial charge on any atom is -0.394 e. The maximum atomic E-state index is 9.69. The van der Waals surface area contributed by atoms with Crippen LogP contribution in [0.1, 0.15) is 24.1 Å². The van der Waals surface area contributed by atoms with Gasteiger partial charge in [-0.15, -0.1) is 0 Å². The van der Waals surface area contributed by atoms with E-state index >= 15 is 0 Å². The summed E-state index contributed by atoms with van der Waals surface area (Å²) in [4.78, 5) is 4.52. The molecule has 3 rings (SSSR count). The second-order valence-corrected chi connectivity index (χ2v) is 5.88. The van der Waals surface area contributed by atoms with E-state index in [1.165, 1.54) is 5.56 Å². The molecule has 1 aromatic heterocycles. The van der Waals surface area contributed by atoms with Crippen molar-refractivity contribution >= 4 is 10.9 Å². The van der Waals surface area contributed by atoms with Gasteiger partial charge in [0.1, 0.15) is 0 Å². The lowest BCUT2D eigenvalue weighted by Gasteiger charge is -2.36. The monoisotopic (exact) mass is 286 g/mol. The number of aromatic nitrogens is 1. The number of hydrogen-bond acceptors (Lipinski definition) is 4. The molecular weight excluding hydrogens is 264 g/mol. The quantitative estimate of drug-likeness (QED) is 0.904. The number of rotatable bonds is 4. The lowest BCUT2D eigenvalue weighted by atomic mass is 9.90. The highest BCUT2D eigenvalue weighted by molar-refractivity contribution is 5.79. The van der Waals surface area contributed by atoms with Crippen LogP contribution in [0.15, 0.2) is 30.3 Å². The molecule has 2 N–H and O–H groups in total. The molecular formula is C17H22N2O2. The van der Waals surface area contributed by atoms with Gasteiger partial charge in [0.25, 0.3) is 0 Å². The number of aliphatic hydroxyl groups is 1. The van der Waals surface area contributed by atoms with Crippen molar-refractivity contribution in [2.75, 3.05) is 19.8 Å². The maximum absolute atomic E-state index is 9.69. The van der Waals surface area contributed by atoms with Crippen molar-refractivity contribution in [1.29, 1.82) is 0 Å². The van der Waals surface area contributed by atoms with Gasteiger partial charge in [-0.05, 0) is 43.5 Å². The molecule has 1 aliphatic heterocycles. The molecule has 4 nitrogen and oxygen atoms in total. The third-order valence-corrected chi connectivity index (χ3v) is 4.31. The zero-order valence-corrected chi connectivity index (χ0v) is 12.4. The topological polar surface area (TPSA) is 54.4 Å². The molecule has 0 radical (unpaired) electrons. The van der Waals surface area contributed by atoms with E-state index in [2.05, 4.69) is 34.6 Å². The van der Waals surface area contributed by atoms with Gasteiger partial charge in [0, 0.05) is 36.4 Å². The first kappa shape index (κ1) is 14.4. The highest BCUT2D eigenvalue weighted by Crippen LogP contribution is 2.21. The van der Waals surface area contributed by atoms with Crippen LogP contribution in [0, 0.1) is 6.92 Å². The summed E-state index contributed by atoms with van der Waals surface area (Å²) in [6, 6.07) is 10.5. The highest BCUT2D eigenvalue weighted by atomic mass is 16.5. The van der Waals surface area contributed by atoms with Crippen molar-refractivity contribution in [3.8, 4) is 0 Å². The summed E-state index contributed by atoms with van der Waals surface area (Å²) in [5.41, 5.74) is 3.09. The van der Waals surface area contributed by atoms with Crippen molar-refractivity contribution < 1.29 is 9.84 Å². The standard InChI is InChI=1S/C17H22N2O2/c1-13-2-4-15-10-14(3-5-16(15)19-13)11-18-17(12-20)6-8-21-9-7-17/h2-5,10,18,20H,6-9,11-12H2,1H3. The number of nitrogens with zero attached hydrogens (tertiary/aromatic N) is 1. The van der Waals surface area contributed by atoms with E-state index in [9.17, 15) is 5.11 Å². The van der Waals surface area contributed by atoms with Gasteiger partial charge in [0.05, 0.1) is 12.1 Å². The van der Waals surface area contributed by atoms with Gasteiger partial charge in [-0.2, -0.15) is 0 Å². The van der Waals surface area contributed by atoms with Gasteiger partial charge in [-0.25, -0.2) is 0 Å². The van der Waals surface area contributed by atoms with E-state index in [0.717, 1.165) is 36.0 Å². The largest absolute Gasteiger partial charge is 0.394 e. The zero-order valence-electron chi connectivity index (χ0n) is 12.4. The van der Waals surface area contributed by atoms with Gasteiger partial charge in [-0.1, -0.05) is 12.1 Å². The van der Waals surface area contributed by atoms with Crippen LogP contribution in [0.5, 0.6) is 0 Å². The number of hydrogen-bond donors (Lipinski definition) is 2. The average molecular weight is 286 g/mol. The Morgan fingerprint density at radius 3 is 2.81 bits per heavy atom. The fourth-order valence-electron chi connectivity index (χ4n) is 2.83. The van der Waals surface area contributed by atoms with E-state index in [1.54, 1.807) is 0 Å². The number of pyridine rings is 1. The van der Waals surface area contributed by atoms with E-state index in [1.807, 2.05) is 13.0 Å². The predicted molar refractivity (Wildman–Crippen MR) is 83.2 cm³/mol. The molecule has 21 heavy (non-hydrogen) atoms. The van der Waals surface area contributed by atoms with E-state index < -0.39 is 0 Å². The molecule has 2 aromatic rings. The van der Waals surface area contributed by atoms with Crippen LogP contribution < -0.4 is 5.32 Å². The summed E-state index contributed by atoms with van der Waals surface area (Å²) in [7, 11) is 0. The summed E-state index contributed by atoms with van der Waals surface area (Å²) < 4.78 is 5.39. The summed E-state index contributed by atoms with van der Waals surface area (Å²) in [5, 5.41) is 14.4. The second-order valence-electron chi connectivity index (χ2n) is 5.88. The normalized spacial score (nSPS) is 18.0. The van der Waals surface area contributed by atoms with Crippen molar-refractivity contribution in [2.45, 2.75) is 31.8 Å². The lowest BCUT2D eigenvalue weighted by molar-refractivity contribution is 0.0112. The Labute approximate surface area is 125 Å². The van der Waals surface area contributed by atoms with Gasteiger partial charge in [0.15, 0.2) is 0 Å². The number of aryl methyl sites for hydroxylation is 1. The fourth-order valence-corrected chi connectivity index (χ4v) is 2.83. The number of fused-ring (bicyclic) bond motifs is 1. The Morgan fingerprint density at radius 1 is 1.24 bits per heavy atom. The van der Waals surface area contributed by atoms with Crippen molar-refractivity contribution in [1.82, 2.24) is 10.3 Å². The molecule has 112 valence electrons. The first-order valence-corrected chi connectivity index (χ1v) is 7.51. The van der Waals surface area contributed by atoms with Crippen molar-refractivity contribution in [3.05, 3.63) is 41.6 Å². The van der Waals surface area contributed by atoms with Gasteiger partial charge in [0.2, 0.25) is 0 Å². The fraction of sp³-hybridized carbons (Fsp3) is 0.471. The smallest absolute Gasteiger partial charge is 0.0705 e. The lowest BCUT2D eigenvalue weighted by Crippen LogP contribution is -2.51. The van der Waals surface area contributed by atoms with Crippen LogP contribution in [-0.4, -0.2) is 35.5 Å². The van der Waals surface area contributed by atoms with Crippen LogP contribution in [0.3, 0.4) is 0 Å². The highest BCUT2D eigenvalue weighted by Gasteiger charge is 2.31. The molecule has 0 unspecified atom stereocenters. The minimum absolute atomic E-state index is 0.157. The summed E-state index contributed by atoms with van der Waals surface area (Å²) in [6.07, 6.45) is 1.72. The molecule has 0 bridgehead atoms. The Hall–Kier alpha value is -1.49. The van der Waals surface area contributed by atoms with Crippen LogP contribution >= 0.6 is 0 Å². The van der Waals surface area contributed by atoms with Crippen LogP contribution in [0.25, 0.3) is 10.9 Å². The summed E-state index contributed by atoms with van der Waals surface area (Å²) in [5.74, 6) is 0. The first-order valence-electron chi connectivity index (χ1n) is 7.51. The minimum atomic E-state index is -0.196. The van der Waals surface area contributed by atoms with Crippen LogP contribution in [-0.2, 0) is 11.3 Å². The first-order chi connectivity index (χ1) is 10.2. The van der Waals surface area contributed by atoms with Gasteiger partial charge < -0.3 is 15.2 Å². The van der Waals surface area contributed by atoms with E-state index in [0.29, 0.717) is 13.2 Å². The van der Waals surface area contributed by atoms with E-state index in [-0.39, 0.29) is 12.1 Å². The Morgan fingerprint density at radius 2 is 2.05 bits per heavy atom. The summed E-state index contributed by atoms with van der Waals surface area (Å²) in [6.45, 7) is 4.35. The Bertz CT molecular complexity index is 621. The molecule has 1 aromatic carbocycles. The van der Waals surface area contributed by atoms with Gasteiger partial charge in [-0.3, -0.25) is 4.98 Å². The van der Waals surface area contributed by atoms with Crippen LogP contribution in [0.2, 0.25) is 0 Å². The van der Waals surface area contributed by atoms with Gasteiger partial charge >= 0.3 is 0 Å².